The summed E-state index contributed by atoms with van der Waals surface area (Å²) in [5, 5.41) is 1.15. The molecule has 31 heavy (non-hydrogen) atoms. The van der Waals surface area contributed by atoms with Gasteiger partial charge in [0.25, 0.3) is 0 Å². The molecular formula is C25H28N4O2. The Balaban J connectivity index is 1.42. The summed E-state index contributed by atoms with van der Waals surface area (Å²) in [7, 11) is 0. The maximum Gasteiger partial charge on any atom is 0.220 e. The van der Waals surface area contributed by atoms with Crippen LogP contribution in [0.5, 0.6) is 0 Å². The molecule has 160 valence electrons. The maximum atomic E-state index is 11.5. The zero-order valence-electron chi connectivity index (χ0n) is 17.7. The van der Waals surface area contributed by atoms with Crippen LogP contribution in [-0.2, 0) is 9.53 Å². The van der Waals surface area contributed by atoms with Gasteiger partial charge in [-0.15, -0.1) is 0 Å². The Morgan fingerprint density at radius 3 is 2.29 bits per heavy atom. The molecule has 1 aromatic heterocycles. The van der Waals surface area contributed by atoms with Crippen LogP contribution in [0.4, 0.5) is 11.4 Å². The van der Waals surface area contributed by atoms with E-state index in [1.807, 2.05) is 6.20 Å². The highest BCUT2D eigenvalue weighted by atomic mass is 16.5. The number of benzene rings is 2. The largest absolute Gasteiger partial charge is 0.378 e. The molecular weight excluding hydrogens is 388 g/mol. The molecule has 3 heterocycles. The topological polar surface area (TPSA) is 71.7 Å². The van der Waals surface area contributed by atoms with E-state index in [0.717, 1.165) is 63.1 Å². The summed E-state index contributed by atoms with van der Waals surface area (Å²) in [5.41, 5.74) is 11.3. The molecule has 0 spiro atoms. The monoisotopic (exact) mass is 416 g/mol. The van der Waals surface area contributed by atoms with Gasteiger partial charge >= 0.3 is 0 Å². The zero-order chi connectivity index (χ0) is 21.2. The number of pyridine rings is 1. The van der Waals surface area contributed by atoms with Crippen LogP contribution < -0.4 is 15.5 Å². The second-order valence-corrected chi connectivity index (χ2v) is 8.37. The first kappa shape index (κ1) is 19.8. The van der Waals surface area contributed by atoms with Crippen molar-refractivity contribution in [3.63, 3.8) is 0 Å². The molecule has 2 aliphatic rings. The molecule has 6 nitrogen and oxygen atoms in total. The maximum absolute atomic E-state index is 11.5. The van der Waals surface area contributed by atoms with Gasteiger partial charge in [0.1, 0.15) is 0 Å². The lowest BCUT2D eigenvalue weighted by Crippen LogP contribution is -2.38. The lowest BCUT2D eigenvalue weighted by atomic mass is 9.95. The van der Waals surface area contributed by atoms with Crippen LogP contribution in [-0.4, -0.2) is 50.3 Å². The van der Waals surface area contributed by atoms with E-state index < -0.39 is 0 Å². The average molecular weight is 417 g/mol. The number of anilines is 2. The van der Waals surface area contributed by atoms with Crippen LogP contribution in [0.3, 0.4) is 0 Å². The number of piperidine rings is 1. The third kappa shape index (κ3) is 4.08. The van der Waals surface area contributed by atoms with E-state index in [9.17, 15) is 4.79 Å². The first-order chi connectivity index (χ1) is 15.2. The number of hydrogen-bond donors (Lipinski definition) is 1. The minimum absolute atomic E-state index is 0.00100. The lowest BCUT2D eigenvalue weighted by molar-refractivity contribution is -0.122. The van der Waals surface area contributed by atoms with Crippen LogP contribution in [0, 0.1) is 5.92 Å². The molecule has 2 aliphatic heterocycles. The number of nitrogens with zero attached hydrogens (tertiary/aromatic N) is 3. The molecule has 2 saturated heterocycles. The SMILES string of the molecule is NC(=O)C1CCN(c2ccc3nccc(-c4ccc(N5CCOCC5)cc4)c3c2)CC1. The predicted octanol–water partition coefficient (Wildman–Crippen LogP) is 3.44. The predicted molar refractivity (Wildman–Crippen MR) is 124 cm³/mol. The van der Waals surface area contributed by atoms with Crippen molar-refractivity contribution in [3.8, 4) is 11.1 Å². The number of hydrogen-bond acceptors (Lipinski definition) is 5. The van der Waals surface area contributed by atoms with Gasteiger partial charge in [-0.2, -0.15) is 0 Å². The fourth-order valence-electron chi connectivity index (χ4n) is 4.68. The fraction of sp³-hybridized carbons (Fsp3) is 0.360. The summed E-state index contributed by atoms with van der Waals surface area (Å²) in [4.78, 5) is 20.8. The molecule has 6 heteroatoms. The third-order valence-corrected chi connectivity index (χ3v) is 6.54. The van der Waals surface area contributed by atoms with Gasteiger partial charge < -0.3 is 20.3 Å². The Hall–Kier alpha value is -3.12. The van der Waals surface area contributed by atoms with E-state index in [4.69, 9.17) is 10.5 Å². The van der Waals surface area contributed by atoms with Gasteiger partial charge in [0, 0.05) is 55.1 Å². The molecule has 3 aromatic rings. The smallest absolute Gasteiger partial charge is 0.220 e. The molecule has 0 aliphatic carbocycles. The van der Waals surface area contributed by atoms with E-state index in [1.54, 1.807) is 0 Å². The highest BCUT2D eigenvalue weighted by Crippen LogP contribution is 2.33. The van der Waals surface area contributed by atoms with Crippen LogP contribution >= 0.6 is 0 Å². The quantitative estimate of drug-likeness (QED) is 0.705. The number of aromatic nitrogens is 1. The van der Waals surface area contributed by atoms with Crippen molar-refractivity contribution < 1.29 is 9.53 Å². The molecule has 2 N–H and O–H groups in total. The Bertz CT molecular complexity index is 1070. The number of carbonyl (C=O) groups is 1. The molecule has 2 aromatic carbocycles. The highest BCUT2D eigenvalue weighted by molar-refractivity contribution is 5.96. The van der Waals surface area contributed by atoms with Crippen LogP contribution in [0.15, 0.2) is 54.7 Å². The highest BCUT2D eigenvalue weighted by Gasteiger charge is 2.23. The normalized spacial score (nSPS) is 17.8. The number of primary amides is 1. The van der Waals surface area contributed by atoms with Gasteiger partial charge in [0.2, 0.25) is 5.91 Å². The summed E-state index contributed by atoms with van der Waals surface area (Å²) in [6.07, 6.45) is 3.51. The van der Waals surface area contributed by atoms with Gasteiger partial charge in [0.05, 0.1) is 18.7 Å². The van der Waals surface area contributed by atoms with Gasteiger partial charge in [-0.1, -0.05) is 12.1 Å². The summed E-state index contributed by atoms with van der Waals surface area (Å²) in [5.74, 6) is -0.177. The van der Waals surface area contributed by atoms with E-state index >= 15 is 0 Å². The zero-order valence-corrected chi connectivity index (χ0v) is 17.7. The second kappa shape index (κ2) is 8.55. The first-order valence-corrected chi connectivity index (χ1v) is 11.1. The van der Waals surface area contributed by atoms with Crippen molar-refractivity contribution in [1.82, 2.24) is 4.98 Å². The summed E-state index contributed by atoms with van der Waals surface area (Å²) >= 11 is 0. The minimum Gasteiger partial charge on any atom is -0.378 e. The Morgan fingerprint density at radius 1 is 0.903 bits per heavy atom. The van der Waals surface area contributed by atoms with E-state index in [2.05, 4.69) is 63.3 Å². The average Bonchev–Trinajstić information content (AvgIpc) is 2.84. The van der Waals surface area contributed by atoms with Crippen molar-refractivity contribution in [3.05, 3.63) is 54.7 Å². The number of carbonyl (C=O) groups excluding carboxylic acids is 1. The number of fused-ring (bicyclic) bond motifs is 1. The third-order valence-electron chi connectivity index (χ3n) is 6.54. The van der Waals surface area contributed by atoms with Gasteiger partial charge in [-0.3, -0.25) is 9.78 Å². The lowest BCUT2D eigenvalue weighted by Gasteiger charge is -2.32. The van der Waals surface area contributed by atoms with Gasteiger partial charge in [-0.25, -0.2) is 0 Å². The van der Waals surface area contributed by atoms with Crippen molar-refractivity contribution in [2.24, 2.45) is 11.7 Å². The second-order valence-electron chi connectivity index (χ2n) is 8.37. The standard InChI is InChI=1S/C25H28N4O2/c26-25(30)19-8-11-28(12-9-19)21-5-6-24-23(17-21)22(7-10-27-24)18-1-3-20(4-2-18)29-13-15-31-16-14-29/h1-7,10,17,19H,8-9,11-16H2,(H2,26,30). The molecule has 0 atom stereocenters. The Kier molecular flexibility index (Phi) is 5.47. The van der Waals surface area contributed by atoms with Gasteiger partial charge in [0.15, 0.2) is 0 Å². The number of rotatable bonds is 4. The Labute approximate surface area is 182 Å². The fourth-order valence-corrected chi connectivity index (χ4v) is 4.68. The molecule has 0 radical (unpaired) electrons. The summed E-state index contributed by atoms with van der Waals surface area (Å²) in [6, 6.07) is 17.3. The minimum atomic E-state index is -0.176. The van der Waals surface area contributed by atoms with Crippen molar-refractivity contribution >= 4 is 28.2 Å². The number of amides is 1. The summed E-state index contributed by atoms with van der Waals surface area (Å²) in [6.45, 7) is 5.15. The molecule has 0 saturated carbocycles. The van der Waals surface area contributed by atoms with E-state index in [1.165, 1.54) is 22.5 Å². The van der Waals surface area contributed by atoms with Crippen molar-refractivity contribution in [1.29, 1.82) is 0 Å². The van der Waals surface area contributed by atoms with Gasteiger partial charge in [-0.05, 0) is 60.4 Å². The first-order valence-electron chi connectivity index (χ1n) is 11.1. The number of nitrogens with two attached hydrogens (primary N) is 1. The number of morpholine rings is 1. The molecule has 0 bridgehead atoms. The van der Waals surface area contributed by atoms with Crippen LogP contribution in [0.25, 0.3) is 22.0 Å². The van der Waals surface area contributed by atoms with E-state index in [-0.39, 0.29) is 11.8 Å². The van der Waals surface area contributed by atoms with Crippen LogP contribution in [0.2, 0.25) is 0 Å². The van der Waals surface area contributed by atoms with E-state index in [0.29, 0.717) is 0 Å². The van der Waals surface area contributed by atoms with Crippen molar-refractivity contribution in [2.45, 2.75) is 12.8 Å². The molecule has 0 unspecified atom stereocenters. The molecule has 5 rings (SSSR count). The Morgan fingerprint density at radius 2 is 1.58 bits per heavy atom. The summed E-state index contributed by atoms with van der Waals surface area (Å²) < 4.78 is 5.47. The molecule has 1 amide bonds. The van der Waals surface area contributed by atoms with Crippen LogP contribution in [0.1, 0.15) is 12.8 Å². The molecule has 2 fully saturated rings. The van der Waals surface area contributed by atoms with Crippen molar-refractivity contribution in [2.75, 3.05) is 49.2 Å². The number of ether oxygens (including phenoxy) is 1.